The first-order chi connectivity index (χ1) is 9.47. The molecule has 20 heavy (non-hydrogen) atoms. The van der Waals surface area contributed by atoms with Crippen LogP contribution >= 0.6 is 27.5 Å². The van der Waals surface area contributed by atoms with E-state index >= 15 is 0 Å². The van der Waals surface area contributed by atoms with E-state index in [0.29, 0.717) is 15.2 Å². The van der Waals surface area contributed by atoms with Crippen LogP contribution in [-0.2, 0) is 11.2 Å². The third kappa shape index (κ3) is 3.58. The van der Waals surface area contributed by atoms with Gasteiger partial charge in [-0.05, 0) is 52.2 Å². The zero-order valence-corrected chi connectivity index (χ0v) is 13.1. The molecule has 2 aromatic carbocycles. The Kier molecular flexibility index (Phi) is 4.78. The summed E-state index contributed by atoms with van der Waals surface area (Å²) in [6.45, 7) is 1.80. The molecule has 0 unspecified atom stereocenters. The van der Waals surface area contributed by atoms with E-state index in [9.17, 15) is 9.18 Å². The van der Waals surface area contributed by atoms with Gasteiger partial charge in [0.1, 0.15) is 5.82 Å². The fraction of sp³-hybridized carbons (Fsp3) is 0.133. The van der Waals surface area contributed by atoms with Crippen molar-refractivity contribution in [2.45, 2.75) is 13.3 Å². The number of aryl methyl sites for hydroxylation is 1. The van der Waals surface area contributed by atoms with Crippen LogP contribution in [0.2, 0.25) is 5.02 Å². The Labute approximate surface area is 130 Å². The van der Waals surface area contributed by atoms with Gasteiger partial charge in [-0.25, -0.2) is 4.39 Å². The molecule has 1 amide bonds. The molecule has 0 aliphatic rings. The van der Waals surface area contributed by atoms with Gasteiger partial charge in [0.25, 0.3) is 0 Å². The summed E-state index contributed by atoms with van der Waals surface area (Å²) in [5.74, 6) is -0.647. The number of rotatable bonds is 3. The van der Waals surface area contributed by atoms with Crippen molar-refractivity contribution in [1.29, 1.82) is 0 Å². The number of halogens is 3. The van der Waals surface area contributed by atoms with Crippen LogP contribution in [0.1, 0.15) is 11.1 Å². The van der Waals surface area contributed by atoms with Crippen LogP contribution < -0.4 is 5.32 Å². The van der Waals surface area contributed by atoms with Gasteiger partial charge in [-0.3, -0.25) is 4.79 Å². The number of anilines is 1. The molecule has 0 radical (unpaired) electrons. The molecule has 2 aromatic rings. The lowest BCUT2D eigenvalue weighted by molar-refractivity contribution is -0.115. The SMILES string of the molecule is Cc1cc(Br)c(F)cc1NC(=O)Cc1ccccc1Cl. The lowest BCUT2D eigenvalue weighted by Gasteiger charge is -2.10. The summed E-state index contributed by atoms with van der Waals surface area (Å²) in [4.78, 5) is 12.0. The molecule has 104 valence electrons. The highest BCUT2D eigenvalue weighted by Gasteiger charge is 2.10. The van der Waals surface area contributed by atoms with E-state index in [4.69, 9.17) is 11.6 Å². The number of hydrogen-bond donors (Lipinski definition) is 1. The van der Waals surface area contributed by atoms with Gasteiger partial charge < -0.3 is 5.32 Å². The molecular formula is C15H12BrClFNO. The fourth-order valence-corrected chi connectivity index (χ4v) is 2.45. The third-order valence-electron chi connectivity index (χ3n) is 2.85. The molecule has 2 nitrogen and oxygen atoms in total. The molecule has 0 bridgehead atoms. The minimum Gasteiger partial charge on any atom is -0.325 e. The second kappa shape index (κ2) is 6.37. The fourth-order valence-electron chi connectivity index (χ4n) is 1.79. The number of carbonyl (C=O) groups excluding carboxylic acids is 1. The first-order valence-corrected chi connectivity index (χ1v) is 7.13. The van der Waals surface area contributed by atoms with Crippen LogP contribution in [0.5, 0.6) is 0 Å². The molecule has 0 saturated carbocycles. The van der Waals surface area contributed by atoms with Crippen molar-refractivity contribution in [2.24, 2.45) is 0 Å². The minimum atomic E-state index is -0.413. The summed E-state index contributed by atoms with van der Waals surface area (Å²) in [5.41, 5.74) is 1.98. The average Bonchev–Trinajstić information content (AvgIpc) is 2.39. The van der Waals surface area contributed by atoms with Gasteiger partial charge >= 0.3 is 0 Å². The van der Waals surface area contributed by atoms with Crippen molar-refractivity contribution in [1.82, 2.24) is 0 Å². The molecule has 5 heteroatoms. The Morgan fingerprint density at radius 1 is 1.35 bits per heavy atom. The summed E-state index contributed by atoms with van der Waals surface area (Å²) in [5, 5.41) is 3.24. The van der Waals surface area contributed by atoms with Crippen molar-refractivity contribution in [2.75, 3.05) is 5.32 Å². The van der Waals surface area contributed by atoms with E-state index in [1.54, 1.807) is 31.2 Å². The topological polar surface area (TPSA) is 29.1 Å². The maximum absolute atomic E-state index is 13.5. The van der Waals surface area contributed by atoms with Crippen molar-refractivity contribution >= 4 is 39.1 Å². The van der Waals surface area contributed by atoms with Crippen LogP contribution in [0.4, 0.5) is 10.1 Å². The van der Waals surface area contributed by atoms with Gasteiger partial charge in [0.15, 0.2) is 0 Å². The molecule has 2 rings (SSSR count). The van der Waals surface area contributed by atoms with Crippen LogP contribution in [0, 0.1) is 12.7 Å². The molecule has 0 spiro atoms. The van der Waals surface area contributed by atoms with E-state index < -0.39 is 5.82 Å². The number of carbonyl (C=O) groups is 1. The largest absolute Gasteiger partial charge is 0.325 e. The Morgan fingerprint density at radius 2 is 2.05 bits per heavy atom. The standard InChI is InChI=1S/C15H12BrClFNO/c1-9-6-11(16)13(18)8-14(9)19-15(20)7-10-4-2-3-5-12(10)17/h2-6,8H,7H2,1H3,(H,19,20). The summed E-state index contributed by atoms with van der Waals surface area (Å²) >= 11 is 9.11. The minimum absolute atomic E-state index is 0.150. The smallest absolute Gasteiger partial charge is 0.228 e. The Bertz CT molecular complexity index is 660. The summed E-state index contributed by atoms with van der Waals surface area (Å²) in [6, 6.07) is 10.1. The predicted octanol–water partition coefficient (Wildman–Crippen LogP) is 4.73. The van der Waals surface area contributed by atoms with E-state index in [1.807, 2.05) is 6.07 Å². The zero-order chi connectivity index (χ0) is 14.7. The number of nitrogens with one attached hydrogen (secondary N) is 1. The highest BCUT2D eigenvalue weighted by atomic mass is 79.9. The quantitative estimate of drug-likeness (QED) is 0.846. The third-order valence-corrected chi connectivity index (χ3v) is 3.83. The van der Waals surface area contributed by atoms with Crippen LogP contribution in [-0.4, -0.2) is 5.91 Å². The highest BCUT2D eigenvalue weighted by molar-refractivity contribution is 9.10. The van der Waals surface area contributed by atoms with E-state index in [-0.39, 0.29) is 12.3 Å². The molecule has 0 saturated heterocycles. The average molecular weight is 357 g/mol. The normalized spacial score (nSPS) is 10.4. The van der Waals surface area contributed by atoms with Gasteiger partial charge in [0.05, 0.1) is 10.9 Å². The molecule has 0 aliphatic heterocycles. The van der Waals surface area contributed by atoms with Gasteiger partial charge in [-0.15, -0.1) is 0 Å². The number of benzene rings is 2. The van der Waals surface area contributed by atoms with E-state index in [1.165, 1.54) is 6.07 Å². The maximum Gasteiger partial charge on any atom is 0.228 e. The van der Waals surface area contributed by atoms with Gasteiger partial charge in [0, 0.05) is 10.7 Å². The van der Waals surface area contributed by atoms with Crippen LogP contribution in [0.15, 0.2) is 40.9 Å². The first kappa shape index (κ1) is 15.0. The van der Waals surface area contributed by atoms with Gasteiger partial charge in [-0.1, -0.05) is 29.8 Å². The summed E-state index contributed by atoms with van der Waals surface area (Å²) in [6.07, 6.45) is 0.150. The van der Waals surface area contributed by atoms with Crippen LogP contribution in [0.3, 0.4) is 0 Å². The number of amides is 1. The van der Waals surface area contributed by atoms with Gasteiger partial charge in [0.2, 0.25) is 5.91 Å². The lowest BCUT2D eigenvalue weighted by Crippen LogP contribution is -2.15. The van der Waals surface area contributed by atoms with E-state index in [0.717, 1.165) is 11.1 Å². The van der Waals surface area contributed by atoms with Crippen LogP contribution in [0.25, 0.3) is 0 Å². The lowest BCUT2D eigenvalue weighted by atomic mass is 10.1. The first-order valence-electron chi connectivity index (χ1n) is 5.96. The Morgan fingerprint density at radius 3 is 2.75 bits per heavy atom. The summed E-state index contributed by atoms with van der Waals surface area (Å²) < 4.78 is 13.9. The molecule has 0 heterocycles. The second-order valence-corrected chi connectivity index (χ2v) is 5.66. The number of hydrogen-bond acceptors (Lipinski definition) is 1. The molecule has 0 aromatic heterocycles. The Hall–Kier alpha value is -1.39. The molecule has 0 fully saturated rings. The summed E-state index contributed by atoms with van der Waals surface area (Å²) in [7, 11) is 0. The zero-order valence-electron chi connectivity index (χ0n) is 10.7. The van der Waals surface area contributed by atoms with Crippen molar-refractivity contribution in [3.05, 3.63) is 62.8 Å². The van der Waals surface area contributed by atoms with Crippen molar-refractivity contribution < 1.29 is 9.18 Å². The predicted molar refractivity (Wildman–Crippen MR) is 82.6 cm³/mol. The van der Waals surface area contributed by atoms with Gasteiger partial charge in [-0.2, -0.15) is 0 Å². The highest BCUT2D eigenvalue weighted by Crippen LogP contribution is 2.24. The monoisotopic (exact) mass is 355 g/mol. The Balaban J connectivity index is 2.13. The van der Waals surface area contributed by atoms with E-state index in [2.05, 4.69) is 21.2 Å². The van der Waals surface area contributed by atoms with Crippen molar-refractivity contribution in [3.8, 4) is 0 Å². The maximum atomic E-state index is 13.5. The second-order valence-electron chi connectivity index (χ2n) is 4.40. The molecule has 0 aliphatic carbocycles. The molecule has 0 atom stereocenters. The molecule has 1 N–H and O–H groups in total. The van der Waals surface area contributed by atoms with Crippen molar-refractivity contribution in [3.63, 3.8) is 0 Å². The molecular weight excluding hydrogens is 345 g/mol.